The zero-order chi connectivity index (χ0) is 22.5. The fourth-order valence-corrected chi connectivity index (χ4v) is 3.94. The number of carbonyl (C=O) groups excluding carboxylic acids is 2. The van der Waals surface area contributed by atoms with Crippen LogP contribution in [0.2, 0.25) is 10.0 Å². The van der Waals surface area contributed by atoms with Crippen molar-refractivity contribution in [2.45, 2.75) is 33.4 Å². The molecule has 2 amide bonds. The topological polar surface area (TPSA) is 76.3 Å². The molecule has 0 aliphatic rings. The second-order valence-corrected chi connectivity index (χ2v) is 7.88. The molecule has 3 rings (SSSR count). The van der Waals surface area contributed by atoms with E-state index < -0.39 is 5.91 Å². The van der Waals surface area contributed by atoms with Gasteiger partial charge in [-0.05, 0) is 37.6 Å². The van der Waals surface area contributed by atoms with E-state index in [1.54, 1.807) is 29.7 Å². The van der Waals surface area contributed by atoms with Crippen LogP contribution in [-0.2, 0) is 22.7 Å². The lowest BCUT2D eigenvalue weighted by Crippen LogP contribution is -2.41. The Bertz CT molecular complexity index is 1150. The third-order valence-corrected chi connectivity index (χ3v) is 5.59. The number of aryl methyl sites for hydroxylation is 1. The van der Waals surface area contributed by atoms with E-state index in [9.17, 15) is 14.4 Å². The summed E-state index contributed by atoms with van der Waals surface area (Å²) >= 11 is 12.2. The molecule has 0 fully saturated rings. The number of hydrogen-bond acceptors (Lipinski definition) is 3. The first kappa shape index (κ1) is 22.9. The summed E-state index contributed by atoms with van der Waals surface area (Å²) in [5, 5.41) is 3.28. The molecule has 164 valence electrons. The third kappa shape index (κ3) is 4.94. The van der Waals surface area contributed by atoms with E-state index in [0.29, 0.717) is 34.3 Å². The first-order chi connectivity index (χ1) is 14.9. The molecule has 0 saturated heterocycles. The second kappa shape index (κ2) is 10.0. The Kier molecular flexibility index (Phi) is 7.41. The second-order valence-electron chi connectivity index (χ2n) is 7.06. The van der Waals surface area contributed by atoms with Gasteiger partial charge in [-0.1, -0.05) is 48.3 Å². The number of nitrogens with one attached hydrogen (secondary N) is 1. The van der Waals surface area contributed by atoms with E-state index in [2.05, 4.69) is 5.32 Å². The summed E-state index contributed by atoms with van der Waals surface area (Å²) < 4.78 is 3.13. The van der Waals surface area contributed by atoms with E-state index in [4.69, 9.17) is 23.2 Å². The minimum absolute atomic E-state index is 0.149. The highest BCUT2D eigenvalue weighted by atomic mass is 35.5. The molecule has 1 N–H and O–H groups in total. The molecule has 3 aromatic rings. The summed E-state index contributed by atoms with van der Waals surface area (Å²) in [6.07, 6.45) is 0.799. The van der Waals surface area contributed by atoms with Gasteiger partial charge in [0.05, 0.1) is 33.3 Å². The maximum Gasteiger partial charge on any atom is 0.329 e. The number of amides is 2. The van der Waals surface area contributed by atoms with Gasteiger partial charge in [-0.15, -0.1) is 0 Å². The number of benzene rings is 2. The van der Waals surface area contributed by atoms with Crippen molar-refractivity contribution in [1.82, 2.24) is 14.0 Å². The molecule has 2 aromatic carbocycles. The van der Waals surface area contributed by atoms with Gasteiger partial charge in [0.25, 0.3) is 0 Å². The lowest BCUT2D eigenvalue weighted by Gasteiger charge is -2.21. The highest BCUT2D eigenvalue weighted by Crippen LogP contribution is 2.29. The summed E-state index contributed by atoms with van der Waals surface area (Å²) in [4.78, 5) is 39.8. The van der Waals surface area contributed by atoms with Gasteiger partial charge in [0.1, 0.15) is 6.54 Å². The fourth-order valence-electron chi connectivity index (χ4n) is 3.45. The monoisotopic (exact) mass is 462 g/mol. The van der Waals surface area contributed by atoms with Gasteiger partial charge in [-0.2, -0.15) is 0 Å². The standard InChI is InChI=1S/C22H24Cl2N4O3/c1-3-12-27-17-10-5-6-11-18(17)28(22(27)31)14-20(30)26(4-2)13-19(29)25-21-15(23)8-7-9-16(21)24/h5-11H,3-4,12-14H2,1-2H3,(H,25,29). The third-order valence-electron chi connectivity index (χ3n) is 4.96. The average molecular weight is 463 g/mol. The fraction of sp³-hybridized carbons (Fsp3) is 0.318. The van der Waals surface area contributed by atoms with Crippen LogP contribution in [0.4, 0.5) is 5.69 Å². The summed E-state index contributed by atoms with van der Waals surface area (Å²) in [5.41, 5.74) is 1.55. The Morgan fingerprint density at radius 1 is 0.968 bits per heavy atom. The van der Waals surface area contributed by atoms with Gasteiger partial charge in [-0.3, -0.25) is 18.7 Å². The Morgan fingerprint density at radius 2 is 1.58 bits per heavy atom. The van der Waals surface area contributed by atoms with Crippen LogP contribution in [0.3, 0.4) is 0 Å². The van der Waals surface area contributed by atoms with E-state index in [1.165, 1.54) is 9.47 Å². The molecule has 0 aliphatic heterocycles. The van der Waals surface area contributed by atoms with Crippen LogP contribution in [0.15, 0.2) is 47.3 Å². The molecule has 0 unspecified atom stereocenters. The minimum Gasteiger partial charge on any atom is -0.332 e. The maximum atomic E-state index is 13.0. The number of aromatic nitrogens is 2. The Balaban J connectivity index is 1.78. The predicted octanol–water partition coefficient (Wildman–Crippen LogP) is 4.01. The quantitative estimate of drug-likeness (QED) is 0.549. The van der Waals surface area contributed by atoms with Gasteiger partial charge in [0.15, 0.2) is 0 Å². The van der Waals surface area contributed by atoms with Gasteiger partial charge >= 0.3 is 5.69 Å². The minimum atomic E-state index is -0.425. The van der Waals surface area contributed by atoms with Crippen LogP contribution in [0.1, 0.15) is 20.3 Å². The Labute approximate surface area is 190 Å². The molecule has 9 heteroatoms. The number of hydrogen-bond donors (Lipinski definition) is 1. The highest BCUT2D eigenvalue weighted by molar-refractivity contribution is 6.39. The van der Waals surface area contributed by atoms with Crippen LogP contribution in [0.5, 0.6) is 0 Å². The van der Waals surface area contributed by atoms with Gasteiger partial charge in [0.2, 0.25) is 11.8 Å². The van der Waals surface area contributed by atoms with Crippen molar-refractivity contribution in [2.75, 3.05) is 18.4 Å². The van der Waals surface area contributed by atoms with Crippen LogP contribution < -0.4 is 11.0 Å². The molecule has 0 aliphatic carbocycles. The average Bonchev–Trinajstić information content (AvgIpc) is 3.01. The van der Waals surface area contributed by atoms with Crippen LogP contribution in [-0.4, -0.2) is 38.9 Å². The van der Waals surface area contributed by atoms with Gasteiger partial charge in [-0.25, -0.2) is 4.79 Å². The normalized spacial score (nSPS) is 11.0. The van der Waals surface area contributed by atoms with Gasteiger partial charge in [0, 0.05) is 13.1 Å². The van der Waals surface area contributed by atoms with Crippen LogP contribution in [0.25, 0.3) is 11.0 Å². The molecular weight excluding hydrogens is 439 g/mol. The van der Waals surface area contributed by atoms with E-state index >= 15 is 0 Å². The number of halogens is 2. The molecular formula is C22H24Cl2N4O3. The van der Waals surface area contributed by atoms with Crippen molar-refractivity contribution in [3.05, 3.63) is 63.0 Å². The molecule has 0 saturated carbocycles. The summed E-state index contributed by atoms with van der Waals surface area (Å²) in [6, 6.07) is 12.3. The molecule has 0 radical (unpaired) electrons. The largest absolute Gasteiger partial charge is 0.332 e. The number of rotatable bonds is 8. The van der Waals surface area contributed by atoms with E-state index in [-0.39, 0.29) is 24.7 Å². The first-order valence-electron chi connectivity index (χ1n) is 10.1. The van der Waals surface area contributed by atoms with Gasteiger partial charge < -0.3 is 10.2 Å². The summed E-state index contributed by atoms with van der Waals surface area (Å²) in [6.45, 7) is 4.32. The van der Waals surface area contributed by atoms with Crippen molar-refractivity contribution in [2.24, 2.45) is 0 Å². The highest BCUT2D eigenvalue weighted by Gasteiger charge is 2.21. The summed E-state index contributed by atoms with van der Waals surface area (Å²) in [7, 11) is 0. The smallest absolute Gasteiger partial charge is 0.329 e. The Hall–Kier alpha value is -2.77. The molecule has 31 heavy (non-hydrogen) atoms. The summed E-state index contributed by atoms with van der Waals surface area (Å²) in [5.74, 6) is -0.754. The Morgan fingerprint density at radius 3 is 2.16 bits per heavy atom. The molecule has 0 spiro atoms. The lowest BCUT2D eigenvalue weighted by atomic mass is 10.3. The zero-order valence-corrected chi connectivity index (χ0v) is 18.9. The molecule has 0 atom stereocenters. The molecule has 0 bridgehead atoms. The van der Waals surface area contributed by atoms with E-state index in [1.807, 2.05) is 31.2 Å². The SMILES string of the molecule is CCCn1c(=O)n(CC(=O)N(CC)CC(=O)Nc2c(Cl)cccc2Cl)c2ccccc21. The van der Waals surface area contributed by atoms with E-state index in [0.717, 1.165) is 11.9 Å². The number of anilines is 1. The van der Waals surface area contributed by atoms with Crippen molar-refractivity contribution in [3.8, 4) is 0 Å². The number of para-hydroxylation sites is 3. The van der Waals surface area contributed by atoms with Crippen molar-refractivity contribution in [1.29, 1.82) is 0 Å². The maximum absolute atomic E-state index is 13.0. The van der Waals surface area contributed by atoms with Crippen LogP contribution >= 0.6 is 23.2 Å². The number of fused-ring (bicyclic) bond motifs is 1. The van der Waals surface area contributed by atoms with Crippen molar-refractivity contribution >= 4 is 51.7 Å². The van der Waals surface area contributed by atoms with Crippen molar-refractivity contribution < 1.29 is 9.59 Å². The number of likely N-dealkylation sites (N-methyl/N-ethyl adjacent to an activating group) is 1. The predicted molar refractivity (Wildman–Crippen MR) is 124 cm³/mol. The zero-order valence-electron chi connectivity index (χ0n) is 17.4. The number of carbonyl (C=O) groups is 2. The number of nitrogens with zero attached hydrogens (tertiary/aromatic N) is 3. The molecule has 1 aromatic heterocycles. The van der Waals surface area contributed by atoms with Crippen molar-refractivity contribution in [3.63, 3.8) is 0 Å². The lowest BCUT2D eigenvalue weighted by molar-refractivity contribution is -0.135. The number of imidazole rings is 1. The van der Waals surface area contributed by atoms with Crippen LogP contribution in [0, 0.1) is 0 Å². The molecule has 7 nitrogen and oxygen atoms in total. The first-order valence-corrected chi connectivity index (χ1v) is 10.8. The molecule has 1 heterocycles.